The number of hydrogen-bond acceptors (Lipinski definition) is 5. The number of methoxy groups -OCH3 is 2. The van der Waals surface area contributed by atoms with E-state index in [-0.39, 0.29) is 0 Å². The maximum absolute atomic E-state index is 5.46. The summed E-state index contributed by atoms with van der Waals surface area (Å²) in [7, 11) is 3.42. The van der Waals surface area contributed by atoms with Gasteiger partial charge >= 0.3 is 0 Å². The van der Waals surface area contributed by atoms with Gasteiger partial charge in [-0.3, -0.25) is 9.88 Å². The van der Waals surface area contributed by atoms with Crippen molar-refractivity contribution >= 4 is 10.9 Å². The Kier molecular flexibility index (Phi) is 6.52. The number of para-hydroxylation sites is 1. The number of pyridine rings is 2. The molecular formula is C21H25N3O2. The zero-order valence-corrected chi connectivity index (χ0v) is 15.4. The lowest BCUT2D eigenvalue weighted by atomic mass is 10.2. The minimum atomic E-state index is 0.748. The van der Waals surface area contributed by atoms with Crippen molar-refractivity contribution in [2.24, 2.45) is 0 Å². The van der Waals surface area contributed by atoms with E-state index in [2.05, 4.69) is 34.1 Å². The summed E-state index contributed by atoms with van der Waals surface area (Å²) in [5.41, 5.74) is 2.99. The largest absolute Gasteiger partial charge is 0.494 e. The van der Waals surface area contributed by atoms with Crippen LogP contribution in [0.1, 0.15) is 17.8 Å². The van der Waals surface area contributed by atoms with Crippen LogP contribution in [0, 0.1) is 0 Å². The standard InChI is InChI=1S/C21H25N3O2/c1-25-14-6-13-24(15-18-8-3-4-12-22-18)16-19-11-10-17-7-5-9-20(26-2)21(17)23-19/h3-5,7-12H,6,13-16H2,1-2H3. The van der Waals surface area contributed by atoms with Crippen molar-refractivity contribution in [1.29, 1.82) is 0 Å². The lowest BCUT2D eigenvalue weighted by molar-refractivity contribution is 0.165. The minimum Gasteiger partial charge on any atom is -0.494 e. The summed E-state index contributed by atoms with van der Waals surface area (Å²) < 4.78 is 10.7. The smallest absolute Gasteiger partial charge is 0.145 e. The van der Waals surface area contributed by atoms with Crippen molar-refractivity contribution in [3.63, 3.8) is 0 Å². The third kappa shape index (κ3) is 4.77. The molecule has 0 aliphatic rings. The van der Waals surface area contributed by atoms with E-state index in [1.54, 1.807) is 14.2 Å². The second-order valence-corrected chi connectivity index (χ2v) is 6.21. The SMILES string of the molecule is COCCCN(Cc1ccccn1)Cc1ccc2cccc(OC)c2n1. The summed E-state index contributed by atoms with van der Waals surface area (Å²) in [4.78, 5) is 11.6. The van der Waals surface area contributed by atoms with Gasteiger partial charge in [0.05, 0.1) is 18.5 Å². The molecule has 3 rings (SSSR count). The molecule has 0 bridgehead atoms. The first-order chi connectivity index (χ1) is 12.8. The quantitative estimate of drug-likeness (QED) is 0.551. The number of nitrogens with zero attached hydrogens (tertiary/aromatic N) is 3. The van der Waals surface area contributed by atoms with Crippen LogP contribution in [-0.2, 0) is 17.8 Å². The number of ether oxygens (including phenoxy) is 2. The first-order valence-corrected chi connectivity index (χ1v) is 8.84. The highest BCUT2D eigenvalue weighted by Crippen LogP contribution is 2.24. The van der Waals surface area contributed by atoms with Crippen molar-refractivity contribution in [1.82, 2.24) is 14.9 Å². The molecule has 5 nitrogen and oxygen atoms in total. The van der Waals surface area contributed by atoms with E-state index in [4.69, 9.17) is 14.5 Å². The van der Waals surface area contributed by atoms with Gasteiger partial charge in [-0.1, -0.05) is 24.3 Å². The zero-order chi connectivity index (χ0) is 18.2. The summed E-state index contributed by atoms with van der Waals surface area (Å²) >= 11 is 0. The van der Waals surface area contributed by atoms with E-state index >= 15 is 0 Å². The second kappa shape index (κ2) is 9.27. The Balaban J connectivity index is 1.79. The predicted molar refractivity (Wildman–Crippen MR) is 103 cm³/mol. The molecule has 0 saturated carbocycles. The minimum absolute atomic E-state index is 0.748. The van der Waals surface area contributed by atoms with Crippen LogP contribution in [-0.4, -0.2) is 42.2 Å². The average Bonchev–Trinajstić information content (AvgIpc) is 2.68. The molecule has 0 amide bonds. The van der Waals surface area contributed by atoms with Crippen molar-refractivity contribution in [2.75, 3.05) is 27.4 Å². The van der Waals surface area contributed by atoms with Crippen molar-refractivity contribution in [3.05, 3.63) is 66.1 Å². The Morgan fingerprint density at radius 2 is 1.81 bits per heavy atom. The maximum atomic E-state index is 5.46. The van der Waals surface area contributed by atoms with Crippen LogP contribution in [0.4, 0.5) is 0 Å². The average molecular weight is 351 g/mol. The Morgan fingerprint density at radius 3 is 2.58 bits per heavy atom. The van der Waals surface area contributed by atoms with E-state index in [1.165, 1.54) is 0 Å². The van der Waals surface area contributed by atoms with Crippen LogP contribution in [0.15, 0.2) is 54.7 Å². The van der Waals surface area contributed by atoms with E-state index < -0.39 is 0 Å². The lowest BCUT2D eigenvalue weighted by Gasteiger charge is -2.21. The first-order valence-electron chi connectivity index (χ1n) is 8.84. The highest BCUT2D eigenvalue weighted by Gasteiger charge is 2.11. The number of benzene rings is 1. The van der Waals surface area contributed by atoms with Gasteiger partial charge in [-0.15, -0.1) is 0 Å². The van der Waals surface area contributed by atoms with Crippen LogP contribution in [0.5, 0.6) is 5.75 Å². The lowest BCUT2D eigenvalue weighted by Crippen LogP contribution is -2.25. The molecule has 136 valence electrons. The van der Waals surface area contributed by atoms with E-state index in [1.807, 2.05) is 30.5 Å². The van der Waals surface area contributed by atoms with Gasteiger partial charge in [0.15, 0.2) is 0 Å². The normalized spacial score (nSPS) is 11.2. The van der Waals surface area contributed by atoms with Crippen LogP contribution in [0.25, 0.3) is 10.9 Å². The summed E-state index contributed by atoms with van der Waals surface area (Å²) in [6.45, 7) is 3.22. The van der Waals surface area contributed by atoms with Gasteiger partial charge in [-0.2, -0.15) is 0 Å². The molecule has 0 spiro atoms. The van der Waals surface area contributed by atoms with Gasteiger partial charge in [0.25, 0.3) is 0 Å². The highest BCUT2D eigenvalue weighted by atomic mass is 16.5. The van der Waals surface area contributed by atoms with E-state index in [9.17, 15) is 0 Å². The Morgan fingerprint density at radius 1 is 0.923 bits per heavy atom. The van der Waals surface area contributed by atoms with Gasteiger partial charge in [0, 0.05) is 44.9 Å². The topological polar surface area (TPSA) is 47.5 Å². The Hall–Kier alpha value is -2.50. The van der Waals surface area contributed by atoms with Crippen molar-refractivity contribution in [3.8, 4) is 5.75 Å². The number of rotatable bonds is 9. The van der Waals surface area contributed by atoms with Gasteiger partial charge < -0.3 is 9.47 Å². The molecule has 3 aromatic rings. The molecule has 1 aromatic carbocycles. The van der Waals surface area contributed by atoms with Crippen molar-refractivity contribution in [2.45, 2.75) is 19.5 Å². The molecule has 0 aliphatic carbocycles. The monoisotopic (exact) mass is 351 g/mol. The van der Waals surface area contributed by atoms with Crippen molar-refractivity contribution < 1.29 is 9.47 Å². The molecule has 2 heterocycles. The van der Waals surface area contributed by atoms with E-state index in [0.29, 0.717) is 0 Å². The van der Waals surface area contributed by atoms with Gasteiger partial charge in [-0.05, 0) is 30.7 Å². The highest BCUT2D eigenvalue weighted by molar-refractivity contribution is 5.84. The van der Waals surface area contributed by atoms with Crippen LogP contribution >= 0.6 is 0 Å². The van der Waals surface area contributed by atoms with Crippen LogP contribution in [0.3, 0.4) is 0 Å². The fraction of sp³-hybridized carbons (Fsp3) is 0.333. The summed E-state index contributed by atoms with van der Waals surface area (Å²) in [6, 6.07) is 16.2. The molecular weight excluding hydrogens is 326 g/mol. The fourth-order valence-corrected chi connectivity index (χ4v) is 3.01. The third-order valence-electron chi connectivity index (χ3n) is 4.28. The molecule has 0 N–H and O–H groups in total. The first kappa shape index (κ1) is 18.3. The molecule has 2 aromatic heterocycles. The van der Waals surface area contributed by atoms with Gasteiger partial charge in [0.2, 0.25) is 0 Å². The third-order valence-corrected chi connectivity index (χ3v) is 4.28. The molecule has 26 heavy (non-hydrogen) atoms. The Bertz CT molecular complexity index is 824. The molecule has 0 saturated heterocycles. The molecule has 0 fully saturated rings. The van der Waals surface area contributed by atoms with Gasteiger partial charge in [-0.25, -0.2) is 4.98 Å². The molecule has 5 heteroatoms. The Labute approximate surface area is 154 Å². The number of hydrogen-bond donors (Lipinski definition) is 0. The number of aromatic nitrogens is 2. The fourth-order valence-electron chi connectivity index (χ4n) is 3.01. The molecule has 0 radical (unpaired) electrons. The summed E-state index contributed by atoms with van der Waals surface area (Å²) in [5, 5.41) is 1.09. The van der Waals surface area contributed by atoms with E-state index in [0.717, 1.165) is 60.7 Å². The summed E-state index contributed by atoms with van der Waals surface area (Å²) in [5.74, 6) is 0.806. The second-order valence-electron chi connectivity index (χ2n) is 6.21. The van der Waals surface area contributed by atoms with Crippen LogP contribution in [0.2, 0.25) is 0 Å². The molecule has 0 unspecified atom stereocenters. The molecule has 0 atom stereocenters. The predicted octanol–water partition coefficient (Wildman–Crippen LogP) is 3.68. The van der Waals surface area contributed by atoms with Crippen LogP contribution < -0.4 is 4.74 Å². The number of fused-ring (bicyclic) bond motifs is 1. The maximum Gasteiger partial charge on any atom is 0.145 e. The summed E-state index contributed by atoms with van der Waals surface area (Å²) in [6.07, 6.45) is 2.81. The zero-order valence-electron chi connectivity index (χ0n) is 15.4. The molecule has 0 aliphatic heterocycles. The van der Waals surface area contributed by atoms with Gasteiger partial charge in [0.1, 0.15) is 11.3 Å².